The van der Waals surface area contributed by atoms with Crippen LogP contribution in [0.4, 0.5) is 0 Å². The van der Waals surface area contributed by atoms with Crippen molar-refractivity contribution in [2.45, 2.75) is 50.5 Å². The molecule has 1 saturated heterocycles. The van der Waals surface area contributed by atoms with Gasteiger partial charge in [0.15, 0.2) is 6.10 Å². The van der Waals surface area contributed by atoms with Gasteiger partial charge in [0.05, 0.1) is 18.3 Å². The molecule has 186 valence electrons. The van der Waals surface area contributed by atoms with E-state index in [0.29, 0.717) is 12.1 Å². The van der Waals surface area contributed by atoms with Crippen molar-refractivity contribution in [3.63, 3.8) is 0 Å². The summed E-state index contributed by atoms with van der Waals surface area (Å²) in [7, 11) is 0. The van der Waals surface area contributed by atoms with E-state index >= 15 is 0 Å². The minimum absolute atomic E-state index is 0.153. The number of aliphatic hydroxyl groups is 1. The van der Waals surface area contributed by atoms with Crippen molar-refractivity contribution >= 4 is 17.7 Å². The van der Waals surface area contributed by atoms with E-state index in [-0.39, 0.29) is 37.7 Å². The second-order valence-corrected chi connectivity index (χ2v) is 8.85. The molecule has 1 aliphatic heterocycles. The number of benzene rings is 2. The number of nitrogens with zero attached hydrogens (tertiary/aromatic N) is 2. The highest BCUT2D eigenvalue weighted by Crippen LogP contribution is 2.21. The topological polar surface area (TPSA) is 112 Å². The lowest BCUT2D eigenvalue weighted by atomic mass is 9.97. The first-order valence-electron chi connectivity index (χ1n) is 12.0. The number of aromatic nitrogens is 1. The summed E-state index contributed by atoms with van der Waals surface area (Å²) in [4.78, 5) is 44.4. The zero-order chi connectivity index (χ0) is 25.3. The molecule has 3 amide bonds. The number of pyridine rings is 1. The molecule has 8 nitrogen and oxygen atoms in total. The van der Waals surface area contributed by atoms with Gasteiger partial charge in [0, 0.05) is 19.2 Å². The van der Waals surface area contributed by atoms with E-state index in [1.807, 2.05) is 66.7 Å². The zero-order valence-corrected chi connectivity index (χ0v) is 19.9. The summed E-state index contributed by atoms with van der Waals surface area (Å²) in [6.07, 6.45) is 1.04. The molecule has 2 unspecified atom stereocenters. The molecule has 0 aliphatic carbocycles. The van der Waals surface area contributed by atoms with Gasteiger partial charge < -0.3 is 20.6 Å². The SMILES string of the molecule is O=C1CC[C@H](C(=O)N(Cc2ccccc2)C(Cc2ccccc2)C(O)C(=O)NCc2ccccn2)N1. The first-order chi connectivity index (χ1) is 17.5. The average molecular weight is 487 g/mol. The van der Waals surface area contributed by atoms with E-state index in [9.17, 15) is 19.5 Å². The first-order valence-corrected chi connectivity index (χ1v) is 12.0. The maximum absolute atomic E-state index is 13.7. The third-order valence-electron chi connectivity index (χ3n) is 6.26. The number of hydrogen-bond acceptors (Lipinski definition) is 5. The number of nitrogens with one attached hydrogen (secondary N) is 2. The Bertz CT molecular complexity index is 1160. The second kappa shape index (κ2) is 12.1. The lowest BCUT2D eigenvalue weighted by Crippen LogP contribution is -2.56. The Hall–Kier alpha value is -4.04. The van der Waals surface area contributed by atoms with Crippen molar-refractivity contribution in [2.75, 3.05) is 0 Å². The molecule has 3 N–H and O–H groups in total. The second-order valence-electron chi connectivity index (χ2n) is 8.85. The normalized spacial score (nSPS) is 16.6. The van der Waals surface area contributed by atoms with Gasteiger partial charge in [-0.15, -0.1) is 0 Å². The van der Waals surface area contributed by atoms with E-state index in [1.165, 1.54) is 4.90 Å². The van der Waals surface area contributed by atoms with Gasteiger partial charge >= 0.3 is 0 Å². The largest absolute Gasteiger partial charge is 0.381 e. The van der Waals surface area contributed by atoms with E-state index in [2.05, 4.69) is 15.6 Å². The molecule has 2 heterocycles. The molecule has 4 rings (SSSR count). The Labute approximate surface area is 210 Å². The molecule has 0 saturated carbocycles. The number of carbonyl (C=O) groups excluding carboxylic acids is 3. The molecule has 0 bridgehead atoms. The van der Waals surface area contributed by atoms with Crippen LogP contribution in [0.15, 0.2) is 85.1 Å². The maximum Gasteiger partial charge on any atom is 0.251 e. The van der Waals surface area contributed by atoms with Crippen LogP contribution in [0.1, 0.15) is 29.7 Å². The monoisotopic (exact) mass is 486 g/mol. The fourth-order valence-electron chi connectivity index (χ4n) is 4.35. The van der Waals surface area contributed by atoms with Crippen molar-refractivity contribution in [1.29, 1.82) is 0 Å². The van der Waals surface area contributed by atoms with Crippen molar-refractivity contribution in [3.8, 4) is 0 Å². The van der Waals surface area contributed by atoms with Crippen molar-refractivity contribution < 1.29 is 19.5 Å². The minimum atomic E-state index is -1.50. The fourth-order valence-corrected chi connectivity index (χ4v) is 4.35. The summed E-state index contributed by atoms with van der Waals surface area (Å²) in [5.74, 6) is -1.09. The van der Waals surface area contributed by atoms with Crippen LogP contribution in [0, 0.1) is 0 Å². The van der Waals surface area contributed by atoms with Crippen LogP contribution >= 0.6 is 0 Å². The van der Waals surface area contributed by atoms with E-state index in [0.717, 1.165) is 11.1 Å². The summed E-state index contributed by atoms with van der Waals surface area (Å²) in [5, 5.41) is 16.8. The molecule has 1 fully saturated rings. The minimum Gasteiger partial charge on any atom is -0.381 e. The van der Waals surface area contributed by atoms with Crippen molar-refractivity contribution in [2.24, 2.45) is 0 Å². The third kappa shape index (κ3) is 6.55. The van der Waals surface area contributed by atoms with Crippen molar-refractivity contribution in [1.82, 2.24) is 20.5 Å². The van der Waals surface area contributed by atoms with Gasteiger partial charge in [0.2, 0.25) is 11.8 Å². The molecule has 3 atom stereocenters. The number of amides is 3. The number of rotatable bonds is 10. The summed E-state index contributed by atoms with van der Waals surface area (Å²) in [6.45, 7) is 0.341. The van der Waals surface area contributed by atoms with Crippen LogP contribution in [0.5, 0.6) is 0 Å². The van der Waals surface area contributed by atoms with Crippen LogP contribution in [0.25, 0.3) is 0 Å². The van der Waals surface area contributed by atoms with Gasteiger partial charge in [0.1, 0.15) is 6.04 Å². The Morgan fingerprint density at radius 2 is 1.67 bits per heavy atom. The van der Waals surface area contributed by atoms with Gasteiger partial charge in [-0.2, -0.15) is 0 Å². The Kier molecular flexibility index (Phi) is 8.41. The molecule has 1 aromatic heterocycles. The molecule has 1 aliphatic rings. The number of carbonyl (C=O) groups is 3. The number of hydrogen-bond donors (Lipinski definition) is 3. The molecule has 3 aromatic rings. The van der Waals surface area contributed by atoms with E-state index < -0.39 is 24.1 Å². The standard InChI is InChI=1S/C28H30N4O4/c33-25-15-14-23(31-25)28(36)32(19-21-11-5-2-6-12-21)24(17-20-9-3-1-4-10-20)26(34)27(35)30-18-22-13-7-8-16-29-22/h1-13,16,23-24,26,34H,14-15,17-19H2,(H,30,35)(H,31,33)/t23-,24?,26?/m1/s1. The van der Waals surface area contributed by atoms with Crippen molar-refractivity contribution in [3.05, 3.63) is 102 Å². The molecule has 2 aromatic carbocycles. The average Bonchev–Trinajstić information content (AvgIpc) is 3.36. The quantitative estimate of drug-likeness (QED) is 0.406. The van der Waals surface area contributed by atoms with Gasteiger partial charge in [-0.05, 0) is 36.1 Å². The first kappa shape index (κ1) is 25.1. The predicted molar refractivity (Wildman–Crippen MR) is 134 cm³/mol. The summed E-state index contributed by atoms with van der Waals surface area (Å²) in [5.41, 5.74) is 2.39. The van der Waals surface area contributed by atoms with Crippen LogP contribution in [0.3, 0.4) is 0 Å². The predicted octanol–water partition coefficient (Wildman–Crippen LogP) is 1.98. The lowest BCUT2D eigenvalue weighted by molar-refractivity contribution is -0.144. The highest BCUT2D eigenvalue weighted by Gasteiger charge is 2.39. The molecule has 36 heavy (non-hydrogen) atoms. The van der Waals surface area contributed by atoms with Gasteiger partial charge in [-0.1, -0.05) is 66.7 Å². The molecule has 8 heteroatoms. The summed E-state index contributed by atoms with van der Waals surface area (Å²) < 4.78 is 0. The zero-order valence-electron chi connectivity index (χ0n) is 19.9. The number of aliphatic hydroxyl groups excluding tert-OH is 1. The third-order valence-corrected chi connectivity index (χ3v) is 6.26. The van der Waals surface area contributed by atoms with Gasteiger partial charge in [-0.3, -0.25) is 19.4 Å². The van der Waals surface area contributed by atoms with Crippen LogP contribution in [-0.4, -0.2) is 50.9 Å². The highest BCUT2D eigenvalue weighted by molar-refractivity contribution is 5.91. The Balaban J connectivity index is 1.62. The van der Waals surface area contributed by atoms with Gasteiger partial charge in [0.25, 0.3) is 5.91 Å². The Morgan fingerprint density at radius 1 is 1.00 bits per heavy atom. The fraction of sp³-hybridized carbons (Fsp3) is 0.286. The maximum atomic E-state index is 13.7. The summed E-state index contributed by atoms with van der Waals surface area (Å²) in [6, 6.07) is 22.7. The van der Waals surface area contributed by atoms with Crippen LogP contribution < -0.4 is 10.6 Å². The summed E-state index contributed by atoms with van der Waals surface area (Å²) >= 11 is 0. The molecular formula is C28H30N4O4. The highest BCUT2D eigenvalue weighted by atomic mass is 16.3. The molecule has 0 radical (unpaired) electrons. The lowest BCUT2D eigenvalue weighted by Gasteiger charge is -2.36. The van der Waals surface area contributed by atoms with Crippen LogP contribution in [-0.2, 0) is 33.9 Å². The smallest absolute Gasteiger partial charge is 0.251 e. The van der Waals surface area contributed by atoms with E-state index in [1.54, 1.807) is 18.3 Å². The molecule has 0 spiro atoms. The van der Waals surface area contributed by atoms with Gasteiger partial charge in [-0.25, -0.2) is 0 Å². The van der Waals surface area contributed by atoms with Crippen LogP contribution in [0.2, 0.25) is 0 Å². The van der Waals surface area contributed by atoms with E-state index in [4.69, 9.17) is 0 Å². The Morgan fingerprint density at radius 3 is 2.28 bits per heavy atom. The molecular weight excluding hydrogens is 456 g/mol.